The van der Waals surface area contributed by atoms with Crippen LogP contribution in [0.4, 0.5) is 0 Å². The summed E-state index contributed by atoms with van der Waals surface area (Å²) in [5.74, 6) is 0. The van der Waals surface area contributed by atoms with Gasteiger partial charge in [0.2, 0.25) is 0 Å². The van der Waals surface area contributed by atoms with Crippen molar-refractivity contribution in [2.24, 2.45) is 7.05 Å². The molecule has 0 aliphatic heterocycles. The number of nitrogens with zero attached hydrogens (tertiary/aromatic N) is 5. The first-order chi connectivity index (χ1) is 7.33. The molecule has 0 saturated heterocycles. The topological polar surface area (TPSA) is 68.5 Å². The van der Waals surface area contributed by atoms with E-state index in [1.807, 2.05) is 12.4 Å². The molecule has 0 fully saturated rings. The van der Waals surface area contributed by atoms with Crippen LogP contribution in [0.3, 0.4) is 0 Å². The maximum absolute atomic E-state index is 4.07. The first-order valence-corrected chi connectivity index (χ1v) is 5.51. The fraction of sp³-hybridized carbons (Fsp3) is 0.500. The van der Waals surface area contributed by atoms with Crippen LogP contribution in [-0.4, -0.2) is 31.1 Å². The highest BCUT2D eigenvalue weighted by Crippen LogP contribution is 2.18. The first kappa shape index (κ1) is 10.2. The average Bonchev–Trinajstić information content (AvgIpc) is 2.85. The summed E-state index contributed by atoms with van der Waals surface area (Å²) in [6, 6.07) is 0.0220. The third-order valence-electron chi connectivity index (χ3n) is 2.13. The minimum absolute atomic E-state index is 0.0220. The zero-order chi connectivity index (χ0) is 10.7. The van der Waals surface area contributed by atoms with Crippen molar-refractivity contribution in [2.75, 3.05) is 6.54 Å². The van der Waals surface area contributed by atoms with E-state index in [1.165, 1.54) is 11.5 Å². The van der Waals surface area contributed by atoms with E-state index in [1.54, 1.807) is 10.9 Å². The Labute approximate surface area is 91.5 Å². The molecule has 0 bridgehead atoms. The highest BCUT2D eigenvalue weighted by Gasteiger charge is 2.19. The quantitative estimate of drug-likeness (QED) is 0.812. The van der Waals surface area contributed by atoms with Crippen LogP contribution in [-0.2, 0) is 7.05 Å². The Morgan fingerprint density at radius 1 is 1.60 bits per heavy atom. The lowest BCUT2D eigenvalue weighted by molar-refractivity contribution is 0.557. The van der Waals surface area contributed by atoms with Crippen molar-refractivity contribution in [1.29, 1.82) is 0 Å². The van der Waals surface area contributed by atoms with Gasteiger partial charge < -0.3 is 5.32 Å². The molecule has 1 unspecified atom stereocenters. The summed E-state index contributed by atoms with van der Waals surface area (Å²) in [7, 11) is 1.87. The van der Waals surface area contributed by atoms with Crippen LogP contribution >= 0.6 is 11.5 Å². The van der Waals surface area contributed by atoms with Gasteiger partial charge in [-0.3, -0.25) is 4.68 Å². The van der Waals surface area contributed by atoms with Crippen LogP contribution in [0.25, 0.3) is 0 Å². The molecule has 1 N–H and O–H groups in total. The number of hydrogen-bond donors (Lipinski definition) is 1. The molecule has 0 radical (unpaired) electrons. The van der Waals surface area contributed by atoms with Crippen molar-refractivity contribution in [3.63, 3.8) is 0 Å². The number of rotatable bonds is 4. The summed E-state index contributed by atoms with van der Waals surface area (Å²) in [4.78, 5) is 0. The zero-order valence-corrected chi connectivity index (χ0v) is 9.40. The monoisotopic (exact) mass is 224 g/mol. The Balaban J connectivity index is 2.32. The van der Waals surface area contributed by atoms with Gasteiger partial charge in [0, 0.05) is 12.4 Å². The van der Waals surface area contributed by atoms with Gasteiger partial charge in [-0.1, -0.05) is 16.6 Å². The summed E-state index contributed by atoms with van der Waals surface area (Å²) in [6.07, 6.45) is 1.74. The van der Waals surface area contributed by atoms with Gasteiger partial charge in [0.25, 0.3) is 0 Å². The SMILES string of the molecule is CCNC(c1csnn1)c1cnnn1C. The van der Waals surface area contributed by atoms with Gasteiger partial charge in [0.05, 0.1) is 23.6 Å². The Morgan fingerprint density at radius 2 is 2.47 bits per heavy atom. The summed E-state index contributed by atoms with van der Waals surface area (Å²) < 4.78 is 5.61. The molecule has 2 rings (SSSR count). The van der Waals surface area contributed by atoms with Gasteiger partial charge in [-0.05, 0) is 18.1 Å². The molecule has 7 heteroatoms. The number of aryl methyl sites for hydroxylation is 1. The van der Waals surface area contributed by atoms with Crippen molar-refractivity contribution in [3.8, 4) is 0 Å². The molecule has 0 amide bonds. The van der Waals surface area contributed by atoms with E-state index in [0.717, 1.165) is 17.9 Å². The summed E-state index contributed by atoms with van der Waals surface area (Å²) in [5.41, 5.74) is 1.90. The van der Waals surface area contributed by atoms with Crippen molar-refractivity contribution < 1.29 is 0 Å². The van der Waals surface area contributed by atoms with E-state index >= 15 is 0 Å². The molecule has 0 saturated carbocycles. The lowest BCUT2D eigenvalue weighted by Gasteiger charge is -2.14. The number of aromatic nitrogens is 5. The van der Waals surface area contributed by atoms with Crippen LogP contribution in [0, 0.1) is 0 Å². The molecule has 0 spiro atoms. The van der Waals surface area contributed by atoms with Crippen molar-refractivity contribution in [1.82, 2.24) is 29.9 Å². The highest BCUT2D eigenvalue weighted by atomic mass is 32.1. The summed E-state index contributed by atoms with van der Waals surface area (Å²) >= 11 is 1.35. The van der Waals surface area contributed by atoms with Crippen LogP contribution in [0.15, 0.2) is 11.6 Å². The van der Waals surface area contributed by atoms with Crippen molar-refractivity contribution in [2.45, 2.75) is 13.0 Å². The van der Waals surface area contributed by atoms with E-state index in [2.05, 4.69) is 32.1 Å². The molecule has 0 aliphatic rings. The smallest absolute Gasteiger partial charge is 0.0986 e. The van der Waals surface area contributed by atoms with Gasteiger partial charge in [-0.25, -0.2) is 0 Å². The highest BCUT2D eigenvalue weighted by molar-refractivity contribution is 7.03. The van der Waals surface area contributed by atoms with Crippen LogP contribution < -0.4 is 5.32 Å². The predicted octanol–water partition coefficient (Wildman–Crippen LogP) is 0.365. The molecule has 1 atom stereocenters. The molecule has 6 nitrogen and oxygen atoms in total. The molecular weight excluding hydrogens is 212 g/mol. The van der Waals surface area contributed by atoms with Gasteiger partial charge in [-0.15, -0.1) is 10.2 Å². The minimum Gasteiger partial charge on any atom is -0.304 e. The number of nitrogens with one attached hydrogen (secondary N) is 1. The molecule has 0 aliphatic carbocycles. The Hall–Kier alpha value is -1.34. The van der Waals surface area contributed by atoms with Gasteiger partial charge in [0.15, 0.2) is 0 Å². The van der Waals surface area contributed by atoms with Crippen LogP contribution in [0.2, 0.25) is 0 Å². The van der Waals surface area contributed by atoms with Crippen LogP contribution in [0.5, 0.6) is 0 Å². The van der Waals surface area contributed by atoms with Gasteiger partial charge in [-0.2, -0.15) is 0 Å². The fourth-order valence-corrected chi connectivity index (χ4v) is 1.90. The fourth-order valence-electron chi connectivity index (χ4n) is 1.42. The van der Waals surface area contributed by atoms with E-state index in [4.69, 9.17) is 0 Å². The Morgan fingerprint density at radius 3 is 3.00 bits per heavy atom. The zero-order valence-electron chi connectivity index (χ0n) is 8.58. The third-order valence-corrected chi connectivity index (χ3v) is 2.65. The van der Waals surface area contributed by atoms with Crippen LogP contribution in [0.1, 0.15) is 24.4 Å². The largest absolute Gasteiger partial charge is 0.304 e. The Kier molecular flexibility index (Phi) is 3.02. The molecule has 2 heterocycles. The minimum atomic E-state index is 0.0220. The first-order valence-electron chi connectivity index (χ1n) is 4.67. The van der Waals surface area contributed by atoms with E-state index in [9.17, 15) is 0 Å². The lowest BCUT2D eigenvalue weighted by atomic mass is 10.1. The van der Waals surface area contributed by atoms with Crippen molar-refractivity contribution in [3.05, 3.63) is 23.0 Å². The second kappa shape index (κ2) is 4.45. The lowest BCUT2D eigenvalue weighted by Crippen LogP contribution is -2.24. The average molecular weight is 224 g/mol. The second-order valence-electron chi connectivity index (χ2n) is 3.10. The molecule has 2 aromatic heterocycles. The molecule has 0 aromatic carbocycles. The molecule has 80 valence electrons. The predicted molar refractivity (Wildman–Crippen MR) is 56.4 cm³/mol. The second-order valence-corrected chi connectivity index (χ2v) is 3.71. The van der Waals surface area contributed by atoms with E-state index in [0.29, 0.717) is 0 Å². The van der Waals surface area contributed by atoms with Gasteiger partial charge in [0.1, 0.15) is 0 Å². The molecule has 15 heavy (non-hydrogen) atoms. The summed E-state index contributed by atoms with van der Waals surface area (Å²) in [5, 5.41) is 17.1. The third kappa shape index (κ3) is 2.02. The summed E-state index contributed by atoms with van der Waals surface area (Å²) in [6.45, 7) is 2.91. The standard InChI is InChI=1S/C8H12N6S/c1-3-9-8(6-5-15-13-11-6)7-4-10-12-14(7)2/h4-5,8-9H,3H2,1-2H3. The van der Waals surface area contributed by atoms with Crippen molar-refractivity contribution >= 4 is 11.5 Å². The molecule has 2 aromatic rings. The number of hydrogen-bond acceptors (Lipinski definition) is 6. The van der Waals surface area contributed by atoms with E-state index in [-0.39, 0.29) is 6.04 Å². The molecular formula is C8H12N6S. The maximum Gasteiger partial charge on any atom is 0.0986 e. The Bertz CT molecular complexity index is 408. The normalized spacial score (nSPS) is 12.9. The van der Waals surface area contributed by atoms with E-state index < -0.39 is 0 Å². The maximum atomic E-state index is 4.07. The van der Waals surface area contributed by atoms with Gasteiger partial charge >= 0.3 is 0 Å².